The molecule has 0 bridgehead atoms. The topological polar surface area (TPSA) is 61.6 Å². The lowest BCUT2D eigenvalue weighted by Gasteiger charge is -2.11. The number of anilines is 1. The van der Waals surface area contributed by atoms with Crippen LogP contribution in [0.1, 0.15) is 15.9 Å². The summed E-state index contributed by atoms with van der Waals surface area (Å²) in [4.78, 5) is 12.5. The van der Waals surface area contributed by atoms with Crippen LogP contribution in [0.25, 0.3) is 0 Å². The van der Waals surface area contributed by atoms with Crippen molar-refractivity contribution in [2.75, 3.05) is 20.0 Å². The van der Waals surface area contributed by atoms with Gasteiger partial charge in [0.1, 0.15) is 15.8 Å². The van der Waals surface area contributed by atoms with E-state index >= 15 is 0 Å². The highest BCUT2D eigenvalue weighted by Crippen LogP contribution is 2.36. The number of ether oxygens (including phenoxy) is 2. The van der Waals surface area contributed by atoms with Gasteiger partial charge in [-0.15, -0.1) is 11.3 Å². The van der Waals surface area contributed by atoms with Gasteiger partial charge < -0.3 is 15.2 Å². The van der Waals surface area contributed by atoms with Crippen LogP contribution >= 0.6 is 34.5 Å². The minimum atomic E-state index is -0.326. The molecule has 0 fully saturated rings. The van der Waals surface area contributed by atoms with Crippen molar-refractivity contribution >= 4 is 46.0 Å². The Hall–Kier alpha value is -1.43. The number of carbonyl (C=O) groups is 1. The van der Waals surface area contributed by atoms with E-state index in [2.05, 4.69) is 0 Å². The number of methoxy groups -OCH3 is 2. The molecule has 0 atom stereocenters. The third kappa shape index (κ3) is 2.70. The predicted octanol–water partition coefficient (Wildman–Crippen LogP) is 3.89. The Bertz CT molecular complexity index is 670. The van der Waals surface area contributed by atoms with Crippen molar-refractivity contribution in [2.24, 2.45) is 0 Å². The van der Waals surface area contributed by atoms with Crippen LogP contribution < -0.4 is 15.2 Å². The molecule has 2 N–H and O–H groups in total. The lowest BCUT2D eigenvalue weighted by molar-refractivity contribution is 0.103. The molecule has 1 aromatic heterocycles. The number of thiophene rings is 1. The Morgan fingerprint density at radius 3 is 2.35 bits per heavy atom. The zero-order chi connectivity index (χ0) is 14.9. The first kappa shape index (κ1) is 15.0. The molecule has 1 aromatic carbocycles. The fourth-order valence-electron chi connectivity index (χ4n) is 1.72. The maximum absolute atomic E-state index is 12.5. The van der Waals surface area contributed by atoms with E-state index in [0.717, 1.165) is 11.3 Å². The van der Waals surface area contributed by atoms with E-state index in [1.165, 1.54) is 20.3 Å². The fourth-order valence-corrected chi connectivity index (χ4v) is 3.17. The van der Waals surface area contributed by atoms with Gasteiger partial charge in [-0.25, -0.2) is 0 Å². The average Bonchev–Trinajstić information content (AvgIpc) is 2.77. The fraction of sp³-hybridized carbons (Fsp3) is 0.154. The van der Waals surface area contributed by atoms with E-state index in [1.54, 1.807) is 12.1 Å². The molecule has 2 rings (SSSR count). The number of nitrogens with two attached hydrogens (primary N) is 1. The van der Waals surface area contributed by atoms with E-state index < -0.39 is 0 Å². The molecule has 0 spiro atoms. The second kappa shape index (κ2) is 5.91. The van der Waals surface area contributed by atoms with E-state index in [1.807, 2.05) is 0 Å². The molecule has 0 aliphatic heterocycles. The highest BCUT2D eigenvalue weighted by molar-refractivity contribution is 7.20. The van der Waals surface area contributed by atoms with Crippen LogP contribution in [0.2, 0.25) is 8.67 Å². The van der Waals surface area contributed by atoms with Gasteiger partial charge in [0.25, 0.3) is 0 Å². The Kier molecular flexibility index (Phi) is 4.42. The SMILES string of the molecule is COc1cc(OC)c(N)c(C(=O)c2cc(Cl)sc2Cl)c1. The summed E-state index contributed by atoms with van der Waals surface area (Å²) >= 11 is 13.0. The molecule has 1 heterocycles. The van der Waals surface area contributed by atoms with Gasteiger partial charge in [0.15, 0.2) is 5.78 Å². The molecule has 0 unspecified atom stereocenters. The van der Waals surface area contributed by atoms with Crippen LogP contribution in [-0.4, -0.2) is 20.0 Å². The first-order chi connectivity index (χ1) is 9.47. The number of nitrogen functional groups attached to an aromatic ring is 1. The number of ketones is 1. The van der Waals surface area contributed by atoms with Crippen molar-refractivity contribution < 1.29 is 14.3 Å². The molecule has 0 saturated heterocycles. The van der Waals surface area contributed by atoms with Gasteiger partial charge in [0.2, 0.25) is 0 Å². The second-order valence-corrected chi connectivity index (χ2v) is 6.14. The molecule has 106 valence electrons. The minimum Gasteiger partial charge on any atom is -0.497 e. The van der Waals surface area contributed by atoms with Gasteiger partial charge in [-0.3, -0.25) is 4.79 Å². The molecule has 0 aliphatic carbocycles. The molecule has 0 radical (unpaired) electrons. The highest BCUT2D eigenvalue weighted by atomic mass is 35.5. The third-order valence-corrected chi connectivity index (χ3v) is 4.20. The molecular formula is C13H11Cl2NO3S. The molecule has 0 saturated carbocycles. The first-order valence-electron chi connectivity index (χ1n) is 5.49. The normalized spacial score (nSPS) is 10.4. The maximum Gasteiger partial charge on any atom is 0.197 e. The number of carbonyl (C=O) groups excluding carboxylic acids is 1. The summed E-state index contributed by atoms with van der Waals surface area (Å²) in [6.45, 7) is 0. The number of benzene rings is 1. The second-order valence-electron chi connectivity index (χ2n) is 3.86. The van der Waals surface area contributed by atoms with Gasteiger partial charge >= 0.3 is 0 Å². The van der Waals surface area contributed by atoms with E-state index in [9.17, 15) is 4.79 Å². The quantitative estimate of drug-likeness (QED) is 0.682. The minimum absolute atomic E-state index is 0.233. The van der Waals surface area contributed by atoms with Crippen LogP contribution in [0.5, 0.6) is 11.5 Å². The maximum atomic E-state index is 12.5. The monoisotopic (exact) mass is 331 g/mol. The van der Waals surface area contributed by atoms with Gasteiger partial charge in [0.05, 0.1) is 35.4 Å². The first-order valence-corrected chi connectivity index (χ1v) is 7.06. The number of hydrogen-bond donors (Lipinski definition) is 1. The van der Waals surface area contributed by atoms with E-state index in [-0.39, 0.29) is 17.0 Å². The van der Waals surface area contributed by atoms with Crippen LogP contribution in [0.4, 0.5) is 5.69 Å². The van der Waals surface area contributed by atoms with E-state index in [0.29, 0.717) is 25.7 Å². The summed E-state index contributed by atoms with van der Waals surface area (Å²) < 4.78 is 11.0. The Labute approximate surface area is 130 Å². The van der Waals surface area contributed by atoms with Crippen LogP contribution in [0.15, 0.2) is 18.2 Å². The van der Waals surface area contributed by atoms with Crippen LogP contribution in [0.3, 0.4) is 0 Å². The molecule has 4 nitrogen and oxygen atoms in total. The molecular weight excluding hydrogens is 321 g/mol. The number of halogens is 2. The van der Waals surface area contributed by atoms with Crippen molar-refractivity contribution in [1.82, 2.24) is 0 Å². The van der Waals surface area contributed by atoms with Gasteiger partial charge in [-0.2, -0.15) is 0 Å². The summed E-state index contributed by atoms with van der Waals surface area (Å²) in [5.74, 6) is 0.509. The van der Waals surface area contributed by atoms with Gasteiger partial charge in [-0.05, 0) is 12.1 Å². The number of rotatable bonds is 4. The largest absolute Gasteiger partial charge is 0.497 e. The summed E-state index contributed by atoms with van der Waals surface area (Å²) in [6, 6.07) is 4.67. The van der Waals surface area contributed by atoms with Crippen LogP contribution in [0, 0.1) is 0 Å². The van der Waals surface area contributed by atoms with Crippen molar-refractivity contribution in [3.05, 3.63) is 38.0 Å². The zero-order valence-electron chi connectivity index (χ0n) is 10.7. The summed E-state index contributed by atoms with van der Waals surface area (Å²) in [6.07, 6.45) is 0. The zero-order valence-corrected chi connectivity index (χ0v) is 13.0. The molecule has 7 heteroatoms. The molecule has 0 amide bonds. The van der Waals surface area contributed by atoms with E-state index in [4.69, 9.17) is 38.4 Å². The highest BCUT2D eigenvalue weighted by Gasteiger charge is 2.21. The Balaban J connectivity index is 2.56. The summed E-state index contributed by atoms with van der Waals surface area (Å²) in [5, 5.41) is 0. The predicted molar refractivity (Wildman–Crippen MR) is 81.7 cm³/mol. The van der Waals surface area contributed by atoms with Crippen molar-refractivity contribution in [3.63, 3.8) is 0 Å². The van der Waals surface area contributed by atoms with Crippen molar-refractivity contribution in [2.45, 2.75) is 0 Å². The molecule has 0 aliphatic rings. The van der Waals surface area contributed by atoms with Gasteiger partial charge in [0, 0.05) is 6.07 Å². The smallest absolute Gasteiger partial charge is 0.197 e. The lowest BCUT2D eigenvalue weighted by atomic mass is 10.0. The standard InChI is InChI=1S/C13H11Cl2NO3S/c1-18-6-3-7(11(16)9(4-6)19-2)12(17)8-5-10(14)20-13(8)15/h3-5H,16H2,1-2H3. The van der Waals surface area contributed by atoms with Crippen molar-refractivity contribution in [3.8, 4) is 11.5 Å². The Morgan fingerprint density at radius 1 is 1.15 bits per heavy atom. The van der Waals surface area contributed by atoms with Crippen molar-refractivity contribution in [1.29, 1.82) is 0 Å². The molecule has 2 aromatic rings. The number of hydrogen-bond acceptors (Lipinski definition) is 5. The third-order valence-electron chi connectivity index (χ3n) is 2.72. The summed E-state index contributed by atoms with van der Waals surface area (Å²) in [7, 11) is 2.96. The Morgan fingerprint density at radius 2 is 1.85 bits per heavy atom. The lowest BCUT2D eigenvalue weighted by Crippen LogP contribution is -2.07. The van der Waals surface area contributed by atoms with Gasteiger partial charge in [-0.1, -0.05) is 23.2 Å². The summed E-state index contributed by atoms with van der Waals surface area (Å²) in [5.41, 5.74) is 6.74. The molecule has 20 heavy (non-hydrogen) atoms. The average molecular weight is 332 g/mol. The van der Waals surface area contributed by atoms with Crippen LogP contribution in [-0.2, 0) is 0 Å².